The molecule has 0 saturated heterocycles. The molecule has 0 aliphatic carbocycles. The molecule has 0 fully saturated rings. The third kappa shape index (κ3) is 3.22. The van der Waals surface area contributed by atoms with Crippen molar-refractivity contribution in [3.05, 3.63) is 4.60 Å². The molecule has 0 radical (unpaired) electrons. The Kier molecular flexibility index (Phi) is 4.87. The van der Waals surface area contributed by atoms with E-state index in [1.54, 1.807) is 6.92 Å². The first-order valence-electron chi connectivity index (χ1n) is 5.21. The molecule has 1 atom stereocenters. The van der Waals surface area contributed by atoms with Crippen molar-refractivity contribution in [2.45, 2.75) is 24.4 Å². The number of hydrogen-bond donors (Lipinski definition) is 2. The van der Waals surface area contributed by atoms with E-state index in [1.807, 2.05) is 0 Å². The van der Waals surface area contributed by atoms with Gasteiger partial charge in [0.25, 0.3) is 10.0 Å². The van der Waals surface area contributed by atoms with Gasteiger partial charge >= 0.3 is 0 Å². The van der Waals surface area contributed by atoms with Crippen LogP contribution in [0.25, 0.3) is 0 Å². The zero-order chi connectivity index (χ0) is 14.8. The van der Waals surface area contributed by atoms with E-state index in [1.165, 1.54) is 14.1 Å². The minimum atomic E-state index is -3.78. The van der Waals surface area contributed by atoms with Crippen molar-refractivity contribution in [3.8, 4) is 0 Å². The predicted molar refractivity (Wildman–Crippen MR) is 71.1 cm³/mol. The van der Waals surface area contributed by atoms with E-state index < -0.39 is 16.1 Å². The van der Waals surface area contributed by atoms with Crippen LogP contribution >= 0.6 is 15.9 Å². The molecule has 0 bridgehead atoms. The van der Waals surface area contributed by atoms with Gasteiger partial charge in [-0.05, 0) is 22.9 Å². The number of hydrogen-bond acceptors (Lipinski definition) is 6. The number of nitrogens with two attached hydrogens (primary N) is 1. The normalized spacial score (nSPS) is 14.9. The van der Waals surface area contributed by atoms with Gasteiger partial charge in [0.1, 0.15) is 5.84 Å². The number of sulfonamides is 1. The molecule has 108 valence electrons. The molecule has 19 heavy (non-hydrogen) atoms. The number of nitrogens with zero attached hydrogens (tertiary/aromatic N) is 5. The van der Waals surface area contributed by atoms with E-state index in [9.17, 15) is 8.42 Å². The highest BCUT2D eigenvalue weighted by Crippen LogP contribution is 2.23. The zero-order valence-corrected chi connectivity index (χ0v) is 13.1. The Morgan fingerprint density at radius 3 is 2.68 bits per heavy atom. The van der Waals surface area contributed by atoms with Crippen LogP contribution < -0.4 is 5.73 Å². The lowest BCUT2D eigenvalue weighted by Gasteiger charge is -2.23. The van der Waals surface area contributed by atoms with Gasteiger partial charge in [-0.3, -0.25) is 0 Å². The molecule has 0 aliphatic heterocycles. The number of oxime groups is 1. The summed E-state index contributed by atoms with van der Waals surface area (Å²) in [6.45, 7) is 1.65. The summed E-state index contributed by atoms with van der Waals surface area (Å²) in [7, 11) is -0.892. The second-order valence-electron chi connectivity index (χ2n) is 3.97. The standard InChI is InChI=1S/C8H15BrN6O3S/c1-5(4-6(10)12-16)15(3)19(17,18)8-7(9)11-13-14(8)2/h5,16H,4H2,1-3H3,(H2,10,12). The SMILES string of the molecule is CC(CC(N)=NO)N(C)S(=O)(=O)c1c(Br)nnn1C. The number of aromatic nitrogens is 3. The van der Waals surface area contributed by atoms with Crippen LogP contribution in [-0.4, -0.2) is 51.8 Å². The molecule has 1 aromatic heterocycles. The first kappa shape index (κ1) is 15.9. The third-order valence-electron chi connectivity index (χ3n) is 2.61. The zero-order valence-electron chi connectivity index (χ0n) is 10.6. The molecule has 0 spiro atoms. The summed E-state index contributed by atoms with van der Waals surface area (Å²) >= 11 is 3.05. The van der Waals surface area contributed by atoms with Crippen LogP contribution in [0.15, 0.2) is 14.8 Å². The van der Waals surface area contributed by atoms with Crippen molar-refractivity contribution >= 4 is 31.8 Å². The van der Waals surface area contributed by atoms with Gasteiger partial charge in [-0.25, -0.2) is 13.1 Å². The van der Waals surface area contributed by atoms with Crippen molar-refractivity contribution < 1.29 is 13.6 Å². The highest BCUT2D eigenvalue weighted by Gasteiger charge is 2.31. The Hall–Kier alpha value is -1.20. The van der Waals surface area contributed by atoms with Crippen LogP contribution in [0, 0.1) is 0 Å². The molecule has 0 saturated carbocycles. The van der Waals surface area contributed by atoms with Crippen molar-refractivity contribution in [3.63, 3.8) is 0 Å². The third-order valence-corrected chi connectivity index (χ3v) is 5.48. The summed E-state index contributed by atoms with van der Waals surface area (Å²) < 4.78 is 27.2. The Morgan fingerprint density at radius 2 is 2.26 bits per heavy atom. The number of rotatable bonds is 5. The number of aryl methyl sites for hydroxylation is 1. The lowest BCUT2D eigenvalue weighted by Crippen LogP contribution is -2.38. The molecule has 0 amide bonds. The summed E-state index contributed by atoms with van der Waals surface area (Å²) in [6, 6.07) is -0.484. The van der Waals surface area contributed by atoms with Crippen LogP contribution in [0.3, 0.4) is 0 Å². The van der Waals surface area contributed by atoms with Crippen LogP contribution in [0.1, 0.15) is 13.3 Å². The fourth-order valence-electron chi connectivity index (χ4n) is 1.44. The number of amidine groups is 1. The van der Waals surface area contributed by atoms with E-state index in [0.717, 1.165) is 8.99 Å². The Balaban J connectivity index is 3.08. The van der Waals surface area contributed by atoms with Gasteiger partial charge in [0, 0.05) is 26.6 Å². The van der Waals surface area contributed by atoms with Gasteiger partial charge in [-0.1, -0.05) is 10.4 Å². The van der Waals surface area contributed by atoms with E-state index in [4.69, 9.17) is 10.9 Å². The summed E-state index contributed by atoms with van der Waals surface area (Å²) in [5.74, 6) is -0.0447. The molecule has 1 heterocycles. The van der Waals surface area contributed by atoms with Crippen molar-refractivity contribution in [1.29, 1.82) is 0 Å². The topological polar surface area (TPSA) is 127 Å². The summed E-state index contributed by atoms with van der Waals surface area (Å²) in [5, 5.41) is 18.5. The molecular formula is C8H15BrN6O3S. The first-order chi connectivity index (χ1) is 8.71. The second-order valence-corrected chi connectivity index (χ2v) is 6.64. The molecule has 1 rings (SSSR count). The Morgan fingerprint density at radius 1 is 1.68 bits per heavy atom. The predicted octanol–water partition coefficient (Wildman–Crippen LogP) is -0.277. The molecule has 0 aromatic carbocycles. The highest BCUT2D eigenvalue weighted by molar-refractivity contribution is 9.10. The second kappa shape index (κ2) is 5.84. The summed E-state index contributed by atoms with van der Waals surface area (Å²) in [6.07, 6.45) is 0.106. The summed E-state index contributed by atoms with van der Waals surface area (Å²) in [4.78, 5) is 0. The van der Waals surface area contributed by atoms with E-state index in [0.29, 0.717) is 0 Å². The van der Waals surface area contributed by atoms with E-state index in [-0.39, 0.29) is 21.9 Å². The van der Waals surface area contributed by atoms with Gasteiger partial charge in [0.15, 0.2) is 4.60 Å². The molecule has 3 N–H and O–H groups in total. The van der Waals surface area contributed by atoms with Gasteiger partial charge in [-0.2, -0.15) is 4.31 Å². The van der Waals surface area contributed by atoms with E-state index >= 15 is 0 Å². The molecule has 9 nitrogen and oxygen atoms in total. The lowest BCUT2D eigenvalue weighted by atomic mass is 10.2. The van der Waals surface area contributed by atoms with Crippen molar-refractivity contribution in [2.24, 2.45) is 17.9 Å². The maximum atomic E-state index is 12.4. The monoisotopic (exact) mass is 354 g/mol. The Labute approximate surface area is 119 Å². The minimum absolute atomic E-state index is 0.0447. The first-order valence-corrected chi connectivity index (χ1v) is 7.44. The molecule has 0 aliphatic rings. The van der Waals surface area contributed by atoms with Gasteiger partial charge < -0.3 is 10.9 Å². The molecule has 11 heteroatoms. The van der Waals surface area contributed by atoms with Crippen LogP contribution in [0.2, 0.25) is 0 Å². The maximum Gasteiger partial charge on any atom is 0.263 e. The fourth-order valence-corrected chi connectivity index (χ4v) is 3.83. The van der Waals surface area contributed by atoms with Gasteiger partial charge in [0.2, 0.25) is 5.03 Å². The van der Waals surface area contributed by atoms with Crippen LogP contribution in [0.5, 0.6) is 0 Å². The quantitative estimate of drug-likeness (QED) is 0.324. The number of halogens is 1. The smallest absolute Gasteiger partial charge is 0.263 e. The maximum absolute atomic E-state index is 12.4. The molecule has 1 aromatic rings. The largest absolute Gasteiger partial charge is 0.409 e. The molecule has 1 unspecified atom stereocenters. The average molecular weight is 355 g/mol. The minimum Gasteiger partial charge on any atom is -0.409 e. The lowest BCUT2D eigenvalue weighted by molar-refractivity contribution is 0.313. The van der Waals surface area contributed by atoms with Crippen LogP contribution in [-0.2, 0) is 17.1 Å². The Bertz CT molecular complexity index is 564. The van der Waals surface area contributed by atoms with Gasteiger partial charge in [-0.15, -0.1) is 5.10 Å². The van der Waals surface area contributed by atoms with Crippen molar-refractivity contribution in [2.75, 3.05) is 7.05 Å². The van der Waals surface area contributed by atoms with Crippen molar-refractivity contribution in [1.82, 2.24) is 19.3 Å². The highest BCUT2D eigenvalue weighted by atomic mass is 79.9. The molecular weight excluding hydrogens is 340 g/mol. The van der Waals surface area contributed by atoms with Crippen LogP contribution in [0.4, 0.5) is 0 Å². The van der Waals surface area contributed by atoms with E-state index in [2.05, 4.69) is 31.4 Å². The van der Waals surface area contributed by atoms with Gasteiger partial charge in [0.05, 0.1) is 0 Å². The average Bonchev–Trinajstić information content (AvgIpc) is 2.68. The summed E-state index contributed by atoms with van der Waals surface area (Å²) in [5.41, 5.74) is 5.37. The fraction of sp³-hybridized carbons (Fsp3) is 0.625.